The fourth-order valence-corrected chi connectivity index (χ4v) is 3.84. The van der Waals surface area contributed by atoms with E-state index in [1.54, 1.807) is 12.2 Å². The molecule has 0 bridgehead atoms. The van der Waals surface area contributed by atoms with Gasteiger partial charge in [0, 0.05) is 12.8 Å². The highest BCUT2D eigenvalue weighted by Gasteiger charge is 2.47. The van der Waals surface area contributed by atoms with E-state index in [0.29, 0.717) is 0 Å². The predicted octanol–water partition coefficient (Wildman–Crippen LogP) is 7.30. The second-order valence-corrected chi connectivity index (χ2v) is 7.87. The van der Waals surface area contributed by atoms with E-state index in [1.807, 2.05) is 0 Å². The van der Waals surface area contributed by atoms with E-state index >= 15 is 0 Å². The Morgan fingerprint density at radius 2 is 1.05 bits per heavy atom. The van der Waals surface area contributed by atoms with Gasteiger partial charge in [0.2, 0.25) is 0 Å². The third kappa shape index (κ3) is 3.52. The highest BCUT2D eigenvalue weighted by Crippen LogP contribution is 2.52. The van der Waals surface area contributed by atoms with Crippen molar-refractivity contribution in [2.45, 2.75) is 23.0 Å². The lowest BCUT2D eigenvalue weighted by molar-refractivity contribution is -0.0172. The standard InChI is InChI=1S/C12H6Cl8O/c13-5-1-3-11(19,9(17)7(5)15)21-12(20)4-2-6(14)8(16)10(12)18/h1-2H,3-4H2. The zero-order valence-corrected chi connectivity index (χ0v) is 16.0. The monoisotopic (exact) mass is 446 g/mol. The minimum absolute atomic E-state index is 0.0274. The van der Waals surface area contributed by atoms with Crippen LogP contribution in [-0.4, -0.2) is 10.1 Å². The molecule has 1 nitrogen and oxygen atoms in total. The summed E-state index contributed by atoms with van der Waals surface area (Å²) in [5, 5.41) is -2.17. The van der Waals surface area contributed by atoms with Crippen molar-refractivity contribution in [3.63, 3.8) is 0 Å². The lowest BCUT2D eigenvalue weighted by atomic mass is 10.1. The van der Waals surface area contributed by atoms with Crippen molar-refractivity contribution < 1.29 is 4.74 Å². The summed E-state index contributed by atoms with van der Waals surface area (Å²) in [7, 11) is 0. The van der Waals surface area contributed by atoms with Crippen molar-refractivity contribution in [3.8, 4) is 0 Å². The number of halogens is 8. The maximum atomic E-state index is 6.40. The van der Waals surface area contributed by atoms with E-state index in [2.05, 4.69) is 0 Å². The van der Waals surface area contributed by atoms with Crippen LogP contribution in [0, 0.1) is 0 Å². The summed E-state index contributed by atoms with van der Waals surface area (Å²) in [6.07, 6.45) is 3.48. The van der Waals surface area contributed by atoms with Gasteiger partial charge in [-0.15, -0.1) is 0 Å². The molecule has 9 heteroatoms. The average Bonchev–Trinajstić information content (AvgIpc) is 2.44. The Morgan fingerprint density at radius 1 is 0.714 bits per heavy atom. The Kier molecular flexibility index (Phi) is 5.86. The molecule has 2 rings (SSSR count). The van der Waals surface area contributed by atoms with Crippen molar-refractivity contribution in [1.29, 1.82) is 0 Å². The summed E-state index contributed by atoms with van der Waals surface area (Å²) < 4.78 is 5.75. The molecule has 0 fully saturated rings. The van der Waals surface area contributed by atoms with Gasteiger partial charge in [0.15, 0.2) is 10.1 Å². The summed E-state index contributed by atoms with van der Waals surface area (Å²) >= 11 is 48.8. The zero-order chi connectivity index (χ0) is 16.0. The Hall–Kier alpha value is 1.24. The van der Waals surface area contributed by atoms with Crippen LogP contribution >= 0.6 is 92.8 Å². The van der Waals surface area contributed by atoms with Crippen LogP contribution in [0.5, 0.6) is 0 Å². The van der Waals surface area contributed by atoms with Crippen LogP contribution < -0.4 is 0 Å². The first-order chi connectivity index (χ1) is 9.61. The fourth-order valence-electron chi connectivity index (χ4n) is 1.77. The molecule has 2 unspecified atom stereocenters. The van der Waals surface area contributed by atoms with Crippen LogP contribution in [0.3, 0.4) is 0 Å². The molecular formula is C12H6Cl8O. The molecule has 0 saturated carbocycles. The van der Waals surface area contributed by atoms with Crippen molar-refractivity contribution >= 4 is 92.8 Å². The summed E-state index contributed by atoms with van der Waals surface area (Å²) in [4.78, 5) is 0. The van der Waals surface area contributed by atoms with Gasteiger partial charge in [-0.25, -0.2) is 0 Å². The summed E-state index contributed by atoms with van der Waals surface area (Å²) in [5.41, 5.74) is 0. The van der Waals surface area contributed by atoms with Gasteiger partial charge in [-0.2, -0.15) is 0 Å². The topological polar surface area (TPSA) is 9.23 Å². The third-order valence-electron chi connectivity index (χ3n) is 2.87. The number of allylic oxidation sites excluding steroid dienone is 4. The molecule has 0 aromatic heterocycles. The summed E-state index contributed by atoms with van der Waals surface area (Å²) in [6, 6.07) is 0. The van der Waals surface area contributed by atoms with Crippen LogP contribution in [0.1, 0.15) is 12.8 Å². The van der Waals surface area contributed by atoms with E-state index in [-0.39, 0.29) is 43.0 Å². The van der Waals surface area contributed by atoms with E-state index in [4.69, 9.17) is 97.5 Å². The first-order valence-corrected chi connectivity index (χ1v) is 8.54. The average molecular weight is 450 g/mol. The third-order valence-corrected chi connectivity index (χ3v) is 6.75. The summed E-state index contributed by atoms with van der Waals surface area (Å²) in [5.74, 6) is 0. The SMILES string of the molecule is ClC1=CCC(Cl)(OC2(Cl)CC=C(Cl)C(Cl)=C2Cl)C(Cl)=C1Cl. The largest absolute Gasteiger partial charge is 0.327 e. The predicted molar refractivity (Wildman–Crippen MR) is 92.8 cm³/mol. The van der Waals surface area contributed by atoms with Crippen molar-refractivity contribution in [2.75, 3.05) is 0 Å². The Morgan fingerprint density at radius 3 is 1.38 bits per heavy atom. The molecule has 2 aliphatic carbocycles. The van der Waals surface area contributed by atoms with Gasteiger partial charge in [0.25, 0.3) is 0 Å². The number of alkyl halides is 2. The van der Waals surface area contributed by atoms with Crippen LogP contribution in [-0.2, 0) is 4.74 Å². The highest BCUT2D eigenvalue weighted by molar-refractivity contribution is 6.52. The van der Waals surface area contributed by atoms with Gasteiger partial charge in [0.1, 0.15) is 0 Å². The number of hydrogen-bond donors (Lipinski definition) is 0. The van der Waals surface area contributed by atoms with E-state index in [9.17, 15) is 0 Å². The molecule has 0 saturated heterocycles. The lowest BCUT2D eigenvalue weighted by Crippen LogP contribution is -2.40. The van der Waals surface area contributed by atoms with Crippen LogP contribution in [0.15, 0.2) is 42.3 Å². The van der Waals surface area contributed by atoms with Gasteiger partial charge in [-0.3, -0.25) is 0 Å². The second kappa shape index (κ2) is 6.63. The Bertz CT molecular complexity index is 552. The molecule has 0 aromatic carbocycles. The van der Waals surface area contributed by atoms with E-state index in [1.165, 1.54) is 0 Å². The van der Waals surface area contributed by atoms with Crippen molar-refractivity contribution in [2.24, 2.45) is 0 Å². The molecule has 0 spiro atoms. The maximum absolute atomic E-state index is 6.40. The first-order valence-electron chi connectivity index (χ1n) is 5.52. The normalized spacial score (nSPS) is 34.1. The molecule has 0 amide bonds. The fraction of sp³-hybridized carbons (Fsp3) is 0.333. The minimum Gasteiger partial charge on any atom is -0.327 e. The van der Waals surface area contributed by atoms with Gasteiger partial charge < -0.3 is 4.74 Å². The quantitative estimate of drug-likeness (QED) is 0.402. The molecule has 0 aliphatic heterocycles. The highest BCUT2D eigenvalue weighted by atomic mass is 35.5. The molecule has 0 N–H and O–H groups in total. The van der Waals surface area contributed by atoms with Crippen LogP contribution in [0.25, 0.3) is 0 Å². The van der Waals surface area contributed by atoms with Crippen LogP contribution in [0.2, 0.25) is 0 Å². The maximum Gasteiger partial charge on any atom is 0.185 e. The smallest absolute Gasteiger partial charge is 0.185 e. The summed E-state index contributed by atoms with van der Waals surface area (Å²) in [6.45, 7) is 0. The number of hydrogen-bond acceptors (Lipinski definition) is 1. The molecule has 116 valence electrons. The zero-order valence-electron chi connectivity index (χ0n) is 10.0. The Balaban J connectivity index is 2.35. The Labute approximate surface area is 162 Å². The minimum atomic E-state index is -1.49. The van der Waals surface area contributed by atoms with Gasteiger partial charge in [-0.1, -0.05) is 105 Å². The lowest BCUT2D eigenvalue weighted by Gasteiger charge is -2.39. The molecule has 0 heterocycles. The number of ether oxygens (including phenoxy) is 1. The van der Waals surface area contributed by atoms with Gasteiger partial charge in [0.05, 0.1) is 30.2 Å². The first kappa shape index (κ1) is 18.6. The van der Waals surface area contributed by atoms with Gasteiger partial charge >= 0.3 is 0 Å². The molecule has 0 radical (unpaired) electrons. The van der Waals surface area contributed by atoms with Crippen molar-refractivity contribution in [3.05, 3.63) is 42.3 Å². The number of rotatable bonds is 2. The molecule has 2 atom stereocenters. The molecule has 0 aromatic rings. The van der Waals surface area contributed by atoms with Gasteiger partial charge in [-0.05, 0) is 0 Å². The second-order valence-electron chi connectivity index (χ2n) is 4.33. The van der Waals surface area contributed by atoms with E-state index in [0.717, 1.165) is 0 Å². The molecule has 21 heavy (non-hydrogen) atoms. The molecule has 2 aliphatic rings. The molecular weight excluding hydrogens is 444 g/mol. The van der Waals surface area contributed by atoms with Crippen molar-refractivity contribution in [1.82, 2.24) is 0 Å². The van der Waals surface area contributed by atoms with Crippen LogP contribution in [0.4, 0.5) is 0 Å². The van der Waals surface area contributed by atoms with E-state index < -0.39 is 10.1 Å².